The average Bonchev–Trinajstić information content (AvgIpc) is 3.21. The molecule has 2 amide bonds. The molecule has 1 unspecified atom stereocenters. The summed E-state index contributed by atoms with van der Waals surface area (Å²) in [6.07, 6.45) is 1.39. The zero-order valence-corrected chi connectivity index (χ0v) is 20.3. The number of halogens is 1. The lowest BCUT2D eigenvalue weighted by Crippen LogP contribution is -2.28. The summed E-state index contributed by atoms with van der Waals surface area (Å²) in [5, 5.41) is 15.1. The second kappa shape index (κ2) is 10.8. The second-order valence-electron chi connectivity index (χ2n) is 7.73. The highest BCUT2D eigenvalue weighted by atomic mass is 35.5. The molecule has 0 saturated carbocycles. The van der Waals surface area contributed by atoms with E-state index >= 15 is 0 Å². The number of aromatic nitrogens is 2. The lowest BCUT2D eigenvalue weighted by atomic mass is 9.87. The van der Waals surface area contributed by atoms with Crippen LogP contribution in [-0.2, 0) is 29.0 Å². The second-order valence-corrected chi connectivity index (χ2v) is 8.81. The number of nitrogens with one attached hydrogen (secondary N) is 3. The van der Waals surface area contributed by atoms with Crippen molar-refractivity contribution in [3.05, 3.63) is 50.4 Å². The van der Waals surface area contributed by atoms with E-state index in [-0.39, 0.29) is 37.3 Å². The molecule has 0 saturated heterocycles. The van der Waals surface area contributed by atoms with Crippen LogP contribution in [0.5, 0.6) is 5.75 Å². The van der Waals surface area contributed by atoms with Crippen LogP contribution in [0.3, 0.4) is 0 Å². The highest BCUT2D eigenvalue weighted by Crippen LogP contribution is 2.36. The number of benzene rings is 1. The predicted molar refractivity (Wildman–Crippen MR) is 132 cm³/mol. The molecule has 2 aromatic heterocycles. The van der Waals surface area contributed by atoms with E-state index in [1.807, 2.05) is 0 Å². The Kier molecular flexibility index (Phi) is 8.10. The SMILES string of the molecule is CN.Cl.O=C1COc2ccc(CNC(=O)c3nc4sc5c(c4c(=O)[nH]3)CC(C(=O)O)CC5)cc2N1. The van der Waals surface area contributed by atoms with Crippen molar-refractivity contribution in [3.63, 3.8) is 0 Å². The summed E-state index contributed by atoms with van der Waals surface area (Å²) in [7, 11) is 1.50. The number of carboxylic acids is 1. The van der Waals surface area contributed by atoms with Gasteiger partial charge in [-0.25, -0.2) is 4.98 Å². The normalized spacial score (nSPS) is 15.8. The van der Waals surface area contributed by atoms with Crippen LogP contribution in [0.15, 0.2) is 23.0 Å². The predicted octanol–water partition coefficient (Wildman–Crippen LogP) is 1.43. The third kappa shape index (κ3) is 5.29. The van der Waals surface area contributed by atoms with Crippen LogP contribution < -0.4 is 26.7 Å². The Hall–Kier alpha value is -3.48. The van der Waals surface area contributed by atoms with E-state index in [1.165, 1.54) is 18.4 Å². The lowest BCUT2D eigenvalue weighted by Gasteiger charge is -2.18. The minimum absolute atomic E-state index is 0. The molecule has 186 valence electrons. The van der Waals surface area contributed by atoms with Crippen LogP contribution in [0.1, 0.15) is 33.0 Å². The van der Waals surface area contributed by atoms with E-state index < -0.39 is 23.4 Å². The van der Waals surface area contributed by atoms with Crippen molar-refractivity contribution in [2.24, 2.45) is 11.7 Å². The van der Waals surface area contributed by atoms with E-state index in [4.69, 9.17) is 4.74 Å². The van der Waals surface area contributed by atoms with Crippen molar-refractivity contribution in [1.29, 1.82) is 0 Å². The number of ether oxygens (including phenoxy) is 1. The molecule has 0 bridgehead atoms. The van der Waals surface area contributed by atoms with Crippen LogP contribution in [0.25, 0.3) is 10.2 Å². The molecule has 1 aliphatic carbocycles. The Labute approximate surface area is 209 Å². The summed E-state index contributed by atoms with van der Waals surface area (Å²) in [5.74, 6) is -1.73. The molecular weight excluding hydrogens is 498 g/mol. The van der Waals surface area contributed by atoms with Gasteiger partial charge in [-0.1, -0.05) is 6.07 Å². The summed E-state index contributed by atoms with van der Waals surface area (Å²) in [4.78, 5) is 56.4. The molecule has 1 aromatic carbocycles. The number of aryl methyl sites for hydroxylation is 1. The number of carbonyl (C=O) groups excluding carboxylic acids is 2. The molecule has 0 fully saturated rings. The van der Waals surface area contributed by atoms with E-state index in [1.54, 1.807) is 18.2 Å². The van der Waals surface area contributed by atoms with Gasteiger partial charge in [-0.2, -0.15) is 0 Å². The van der Waals surface area contributed by atoms with Crippen LogP contribution in [0, 0.1) is 5.92 Å². The number of hydrogen-bond acceptors (Lipinski definition) is 8. The molecule has 6 N–H and O–H groups in total. The van der Waals surface area contributed by atoms with Crippen molar-refractivity contribution in [1.82, 2.24) is 15.3 Å². The molecule has 13 heteroatoms. The first-order valence-corrected chi connectivity index (χ1v) is 11.4. The molecule has 2 aliphatic rings. The summed E-state index contributed by atoms with van der Waals surface area (Å²) in [6, 6.07) is 5.18. The third-order valence-electron chi connectivity index (χ3n) is 5.61. The maximum atomic E-state index is 12.7. The maximum Gasteiger partial charge on any atom is 0.306 e. The van der Waals surface area contributed by atoms with Gasteiger partial charge in [-0.15, -0.1) is 23.7 Å². The van der Waals surface area contributed by atoms with Crippen molar-refractivity contribution in [2.45, 2.75) is 25.8 Å². The number of thiophene rings is 1. The standard InChI is InChI=1S/C21H18N4O6S.CH5N.ClH/c26-15-8-31-13-3-1-9(5-12(13)23-15)7-22-19(28)17-24-18(27)16-11-6-10(21(29)30)2-4-14(11)32-20(16)25-17;1-2;/h1,3,5,10H,2,4,6-8H2,(H,22,28)(H,23,26)(H,29,30)(H,24,25,27);2H2,1H3;1H. The third-order valence-corrected chi connectivity index (χ3v) is 6.79. The van der Waals surface area contributed by atoms with Gasteiger partial charge >= 0.3 is 5.97 Å². The Bertz CT molecular complexity index is 1350. The minimum atomic E-state index is -0.872. The largest absolute Gasteiger partial charge is 0.482 e. The highest BCUT2D eigenvalue weighted by Gasteiger charge is 2.29. The number of fused-ring (bicyclic) bond motifs is 4. The monoisotopic (exact) mass is 521 g/mol. The fourth-order valence-electron chi connectivity index (χ4n) is 4.01. The number of H-pyrrole nitrogens is 1. The first-order chi connectivity index (χ1) is 16.4. The van der Waals surface area contributed by atoms with Crippen molar-refractivity contribution in [2.75, 3.05) is 19.0 Å². The molecule has 1 aliphatic heterocycles. The zero-order valence-electron chi connectivity index (χ0n) is 18.7. The number of amides is 2. The number of nitrogens with two attached hydrogens (primary N) is 1. The smallest absolute Gasteiger partial charge is 0.306 e. The van der Waals surface area contributed by atoms with Gasteiger partial charge in [0.1, 0.15) is 10.6 Å². The fourth-order valence-corrected chi connectivity index (χ4v) is 5.22. The molecular formula is C22H24ClN5O6S. The van der Waals surface area contributed by atoms with Gasteiger partial charge in [-0.05, 0) is 49.6 Å². The van der Waals surface area contributed by atoms with Gasteiger partial charge in [0.15, 0.2) is 6.61 Å². The Morgan fingerprint density at radius 2 is 2.09 bits per heavy atom. The number of anilines is 1. The van der Waals surface area contributed by atoms with Gasteiger partial charge in [0, 0.05) is 11.4 Å². The first-order valence-electron chi connectivity index (χ1n) is 10.6. The molecule has 0 radical (unpaired) electrons. The highest BCUT2D eigenvalue weighted by molar-refractivity contribution is 7.18. The number of aromatic amines is 1. The van der Waals surface area contributed by atoms with E-state index in [0.29, 0.717) is 40.9 Å². The van der Waals surface area contributed by atoms with Crippen LogP contribution in [0.2, 0.25) is 0 Å². The number of carboxylic acid groups (broad SMARTS) is 1. The zero-order chi connectivity index (χ0) is 24.4. The van der Waals surface area contributed by atoms with Crippen molar-refractivity contribution >= 4 is 57.4 Å². The molecule has 1 atom stereocenters. The van der Waals surface area contributed by atoms with E-state index in [9.17, 15) is 24.3 Å². The van der Waals surface area contributed by atoms with Gasteiger partial charge in [0.05, 0.1) is 17.0 Å². The van der Waals surface area contributed by atoms with Crippen LogP contribution in [0.4, 0.5) is 5.69 Å². The van der Waals surface area contributed by atoms with E-state index in [0.717, 1.165) is 16.0 Å². The number of rotatable bonds is 4. The average molecular weight is 522 g/mol. The van der Waals surface area contributed by atoms with Gasteiger partial charge in [0.2, 0.25) is 5.82 Å². The summed E-state index contributed by atoms with van der Waals surface area (Å²) >= 11 is 1.33. The lowest BCUT2D eigenvalue weighted by molar-refractivity contribution is -0.142. The van der Waals surface area contributed by atoms with Gasteiger partial charge in [-0.3, -0.25) is 19.2 Å². The first kappa shape index (κ1) is 26.1. The molecule has 11 nitrogen and oxygen atoms in total. The Balaban J connectivity index is 0.00000111. The maximum absolute atomic E-state index is 12.7. The van der Waals surface area contributed by atoms with E-state index in [2.05, 4.69) is 26.3 Å². The Morgan fingerprint density at radius 1 is 1.31 bits per heavy atom. The number of aliphatic carboxylic acids is 1. The Morgan fingerprint density at radius 3 is 2.83 bits per heavy atom. The molecule has 3 aromatic rings. The van der Waals surface area contributed by atoms with Crippen molar-refractivity contribution < 1.29 is 24.2 Å². The fraction of sp³-hybridized carbons (Fsp3) is 0.318. The topological polar surface area (TPSA) is 176 Å². The minimum Gasteiger partial charge on any atom is -0.482 e. The molecule has 5 rings (SSSR count). The number of nitrogens with zero attached hydrogens (tertiary/aromatic N) is 1. The van der Waals surface area contributed by atoms with Gasteiger partial charge < -0.3 is 31.2 Å². The number of carbonyl (C=O) groups is 3. The van der Waals surface area contributed by atoms with Crippen molar-refractivity contribution in [3.8, 4) is 5.75 Å². The van der Waals surface area contributed by atoms with Crippen LogP contribution in [-0.4, -0.2) is 46.5 Å². The molecule has 3 heterocycles. The summed E-state index contributed by atoms with van der Waals surface area (Å²) in [6.45, 7) is 0.124. The van der Waals surface area contributed by atoms with Crippen LogP contribution >= 0.6 is 23.7 Å². The number of hydrogen-bond donors (Lipinski definition) is 5. The molecule has 0 spiro atoms. The quantitative estimate of drug-likeness (QED) is 0.342. The molecule has 35 heavy (non-hydrogen) atoms. The van der Waals surface area contributed by atoms with Gasteiger partial charge in [0.25, 0.3) is 17.4 Å². The summed E-state index contributed by atoms with van der Waals surface area (Å²) < 4.78 is 5.31. The summed E-state index contributed by atoms with van der Waals surface area (Å²) in [5.41, 5.74) is 6.04.